The molecule has 0 saturated carbocycles. The van der Waals surface area contributed by atoms with E-state index in [0.717, 1.165) is 11.5 Å². The van der Waals surface area contributed by atoms with Gasteiger partial charge in [-0.15, -0.1) is 11.6 Å². The van der Waals surface area contributed by atoms with Crippen LogP contribution in [0.4, 0.5) is 0 Å². The zero-order chi connectivity index (χ0) is 11.4. The van der Waals surface area contributed by atoms with Crippen molar-refractivity contribution >= 4 is 11.6 Å². The van der Waals surface area contributed by atoms with E-state index in [2.05, 4.69) is 9.97 Å². The van der Waals surface area contributed by atoms with Crippen molar-refractivity contribution in [3.05, 3.63) is 42.1 Å². The van der Waals surface area contributed by atoms with Crippen LogP contribution in [0.25, 0.3) is 0 Å². The Hall–Kier alpha value is -1.55. The molecule has 16 heavy (non-hydrogen) atoms. The lowest BCUT2D eigenvalue weighted by Gasteiger charge is -2.06. The van der Waals surface area contributed by atoms with Gasteiger partial charge in [0.2, 0.25) is 5.88 Å². The molecule has 0 radical (unpaired) electrons. The van der Waals surface area contributed by atoms with E-state index in [0.29, 0.717) is 18.3 Å². The Bertz CT molecular complexity index is 470. The first kappa shape index (κ1) is 11.0. The molecule has 0 aliphatic carbocycles. The molecule has 5 heteroatoms. The van der Waals surface area contributed by atoms with E-state index in [-0.39, 0.29) is 0 Å². The Balaban J connectivity index is 2.20. The molecule has 0 atom stereocenters. The van der Waals surface area contributed by atoms with E-state index < -0.39 is 0 Å². The Kier molecular flexibility index (Phi) is 3.41. The standard InChI is InChI=1S/C11H12ClN3O/c1-16-11-4-2-3-9(14-11)8-15-6-5-13-10(15)7-12/h2-6H,7-8H2,1H3. The van der Waals surface area contributed by atoms with Crippen LogP contribution in [-0.2, 0) is 12.4 Å². The third kappa shape index (κ3) is 2.33. The molecule has 0 aliphatic rings. The van der Waals surface area contributed by atoms with Crippen molar-refractivity contribution < 1.29 is 4.74 Å². The molecule has 0 bridgehead atoms. The van der Waals surface area contributed by atoms with E-state index in [9.17, 15) is 0 Å². The van der Waals surface area contributed by atoms with Crippen LogP contribution in [0.2, 0.25) is 0 Å². The summed E-state index contributed by atoms with van der Waals surface area (Å²) in [6, 6.07) is 5.68. The fourth-order valence-corrected chi connectivity index (χ4v) is 1.67. The molecule has 2 heterocycles. The zero-order valence-corrected chi connectivity index (χ0v) is 9.68. The Morgan fingerprint density at radius 1 is 1.44 bits per heavy atom. The molecule has 0 saturated heterocycles. The number of nitrogens with zero attached hydrogens (tertiary/aromatic N) is 3. The van der Waals surface area contributed by atoms with Gasteiger partial charge in [-0.3, -0.25) is 0 Å². The van der Waals surface area contributed by atoms with E-state index in [1.54, 1.807) is 13.3 Å². The first-order chi connectivity index (χ1) is 7.83. The highest BCUT2D eigenvalue weighted by Gasteiger charge is 2.03. The largest absolute Gasteiger partial charge is 0.481 e. The van der Waals surface area contributed by atoms with Crippen LogP contribution in [0.1, 0.15) is 11.5 Å². The van der Waals surface area contributed by atoms with E-state index >= 15 is 0 Å². The molecule has 4 nitrogen and oxygen atoms in total. The minimum atomic E-state index is 0.400. The second-order valence-electron chi connectivity index (χ2n) is 3.28. The number of pyridine rings is 1. The highest BCUT2D eigenvalue weighted by atomic mass is 35.5. The average Bonchev–Trinajstić information content (AvgIpc) is 2.76. The molecule has 2 rings (SSSR count). The predicted molar refractivity (Wildman–Crippen MR) is 61.7 cm³/mol. The molecular formula is C11H12ClN3O. The van der Waals surface area contributed by atoms with Crippen LogP contribution in [-0.4, -0.2) is 21.6 Å². The van der Waals surface area contributed by atoms with Crippen molar-refractivity contribution in [1.82, 2.24) is 14.5 Å². The normalized spacial score (nSPS) is 10.4. The van der Waals surface area contributed by atoms with Gasteiger partial charge >= 0.3 is 0 Å². The molecule has 0 amide bonds. The molecule has 0 aliphatic heterocycles. The third-order valence-electron chi connectivity index (χ3n) is 2.24. The summed E-state index contributed by atoms with van der Waals surface area (Å²) in [4.78, 5) is 8.47. The molecule has 0 spiro atoms. The van der Waals surface area contributed by atoms with Crippen molar-refractivity contribution in [2.24, 2.45) is 0 Å². The fraction of sp³-hybridized carbons (Fsp3) is 0.273. The Labute approximate surface area is 98.9 Å². The van der Waals surface area contributed by atoms with Crippen molar-refractivity contribution in [3.63, 3.8) is 0 Å². The smallest absolute Gasteiger partial charge is 0.213 e. The monoisotopic (exact) mass is 237 g/mol. The van der Waals surface area contributed by atoms with Crippen molar-refractivity contribution in [3.8, 4) is 5.88 Å². The summed E-state index contributed by atoms with van der Waals surface area (Å²) < 4.78 is 7.04. The minimum absolute atomic E-state index is 0.400. The van der Waals surface area contributed by atoms with Crippen molar-refractivity contribution in [2.45, 2.75) is 12.4 Å². The maximum absolute atomic E-state index is 5.77. The van der Waals surface area contributed by atoms with Gasteiger partial charge in [0.05, 0.1) is 25.2 Å². The number of aromatic nitrogens is 3. The second kappa shape index (κ2) is 4.99. The second-order valence-corrected chi connectivity index (χ2v) is 3.54. The fourth-order valence-electron chi connectivity index (χ4n) is 1.45. The zero-order valence-electron chi connectivity index (χ0n) is 8.93. The summed E-state index contributed by atoms with van der Waals surface area (Å²) in [5.41, 5.74) is 0.920. The first-order valence-electron chi connectivity index (χ1n) is 4.89. The third-order valence-corrected chi connectivity index (χ3v) is 2.48. The average molecular weight is 238 g/mol. The van der Waals surface area contributed by atoms with Crippen LogP contribution in [0.5, 0.6) is 5.88 Å². The molecule has 0 N–H and O–H groups in total. The van der Waals surface area contributed by atoms with Gasteiger partial charge in [-0.1, -0.05) is 6.07 Å². The predicted octanol–water partition coefficient (Wildman–Crippen LogP) is 2.07. The lowest BCUT2D eigenvalue weighted by molar-refractivity contribution is 0.396. The summed E-state index contributed by atoms with van der Waals surface area (Å²) in [5, 5.41) is 0. The number of hydrogen-bond donors (Lipinski definition) is 0. The number of halogens is 1. The summed E-state index contributed by atoms with van der Waals surface area (Å²) in [6.45, 7) is 0.652. The minimum Gasteiger partial charge on any atom is -0.481 e. The molecular weight excluding hydrogens is 226 g/mol. The maximum Gasteiger partial charge on any atom is 0.213 e. The number of imidazole rings is 1. The van der Waals surface area contributed by atoms with Gasteiger partial charge in [0.1, 0.15) is 5.82 Å². The van der Waals surface area contributed by atoms with Crippen LogP contribution in [0.3, 0.4) is 0 Å². The van der Waals surface area contributed by atoms with Gasteiger partial charge < -0.3 is 9.30 Å². The molecule has 2 aromatic heterocycles. The van der Waals surface area contributed by atoms with E-state index in [1.165, 1.54) is 0 Å². The van der Waals surface area contributed by atoms with Gasteiger partial charge in [-0.2, -0.15) is 0 Å². The molecule has 0 fully saturated rings. The lowest BCUT2D eigenvalue weighted by Crippen LogP contribution is -2.04. The molecule has 84 valence electrons. The summed E-state index contributed by atoms with van der Waals surface area (Å²) in [6.07, 6.45) is 3.62. The van der Waals surface area contributed by atoms with Gasteiger partial charge in [0, 0.05) is 18.5 Å². The SMILES string of the molecule is COc1cccc(Cn2ccnc2CCl)n1. The van der Waals surface area contributed by atoms with Gasteiger partial charge in [-0.25, -0.2) is 9.97 Å². The Morgan fingerprint density at radius 3 is 3.06 bits per heavy atom. The van der Waals surface area contributed by atoms with Crippen LogP contribution < -0.4 is 4.74 Å². The van der Waals surface area contributed by atoms with Crippen LogP contribution >= 0.6 is 11.6 Å². The summed E-state index contributed by atoms with van der Waals surface area (Å²) in [7, 11) is 1.60. The summed E-state index contributed by atoms with van der Waals surface area (Å²) in [5.74, 6) is 1.85. The number of rotatable bonds is 4. The molecule has 0 unspecified atom stereocenters. The van der Waals surface area contributed by atoms with E-state index in [4.69, 9.17) is 16.3 Å². The molecule has 0 aromatic carbocycles. The van der Waals surface area contributed by atoms with Gasteiger partial charge in [0.25, 0.3) is 0 Å². The number of methoxy groups -OCH3 is 1. The highest BCUT2D eigenvalue weighted by Crippen LogP contribution is 2.10. The highest BCUT2D eigenvalue weighted by molar-refractivity contribution is 6.16. The topological polar surface area (TPSA) is 39.9 Å². The number of ether oxygens (including phenoxy) is 1. The number of hydrogen-bond acceptors (Lipinski definition) is 3. The van der Waals surface area contributed by atoms with E-state index in [1.807, 2.05) is 29.0 Å². The molecule has 2 aromatic rings. The van der Waals surface area contributed by atoms with Gasteiger partial charge in [0.15, 0.2) is 0 Å². The summed E-state index contributed by atoms with van der Waals surface area (Å²) >= 11 is 5.77. The Morgan fingerprint density at radius 2 is 2.31 bits per heavy atom. The maximum atomic E-state index is 5.77. The van der Waals surface area contributed by atoms with Crippen LogP contribution in [0.15, 0.2) is 30.6 Å². The lowest BCUT2D eigenvalue weighted by atomic mass is 10.3. The van der Waals surface area contributed by atoms with Crippen molar-refractivity contribution in [2.75, 3.05) is 7.11 Å². The van der Waals surface area contributed by atoms with Crippen LogP contribution in [0, 0.1) is 0 Å². The quantitative estimate of drug-likeness (QED) is 0.765. The first-order valence-corrected chi connectivity index (χ1v) is 5.43. The van der Waals surface area contributed by atoms with Crippen molar-refractivity contribution in [1.29, 1.82) is 0 Å². The number of alkyl halides is 1. The van der Waals surface area contributed by atoms with Gasteiger partial charge in [-0.05, 0) is 6.07 Å².